The monoisotopic (exact) mass is 433 g/mol. The molecule has 0 spiro atoms. The van der Waals surface area contributed by atoms with Crippen molar-refractivity contribution in [3.8, 4) is 11.5 Å². The summed E-state index contributed by atoms with van der Waals surface area (Å²) >= 11 is 0. The zero-order valence-corrected chi connectivity index (χ0v) is 17.8. The largest absolute Gasteiger partial charge is 0.497 e. The zero-order chi connectivity index (χ0) is 22.2. The van der Waals surface area contributed by atoms with Crippen molar-refractivity contribution in [1.29, 1.82) is 0 Å². The maximum absolute atomic E-state index is 11.0. The highest BCUT2D eigenvalue weighted by Gasteiger charge is 2.26. The SMILES string of the molecule is COc1ccc2[nH]c3c(c2c1)CCN[C@H]3c1ccc(OC)c(Cn2cc([N+](=O)[O-])cn2)c1. The lowest BCUT2D eigenvalue weighted by Crippen LogP contribution is -2.30. The number of aromatic nitrogens is 3. The molecular formula is C23H23N5O4. The Morgan fingerprint density at radius 2 is 2.09 bits per heavy atom. The van der Waals surface area contributed by atoms with Crippen LogP contribution in [-0.2, 0) is 13.0 Å². The molecule has 3 heterocycles. The first kappa shape index (κ1) is 20.1. The highest BCUT2D eigenvalue weighted by Crippen LogP contribution is 2.36. The molecule has 0 bridgehead atoms. The molecule has 9 heteroatoms. The van der Waals surface area contributed by atoms with Crippen molar-refractivity contribution in [2.45, 2.75) is 19.0 Å². The lowest BCUT2D eigenvalue weighted by molar-refractivity contribution is -0.385. The molecule has 1 atom stereocenters. The Kier molecular flexibility index (Phi) is 5.02. The van der Waals surface area contributed by atoms with E-state index in [-0.39, 0.29) is 11.7 Å². The lowest BCUT2D eigenvalue weighted by atomic mass is 9.93. The molecule has 0 saturated heterocycles. The van der Waals surface area contributed by atoms with Crippen LogP contribution in [0.25, 0.3) is 10.9 Å². The van der Waals surface area contributed by atoms with E-state index in [1.165, 1.54) is 23.3 Å². The van der Waals surface area contributed by atoms with Crippen LogP contribution in [0.4, 0.5) is 5.69 Å². The van der Waals surface area contributed by atoms with E-state index in [4.69, 9.17) is 9.47 Å². The van der Waals surface area contributed by atoms with Gasteiger partial charge in [-0.25, -0.2) is 0 Å². The molecule has 32 heavy (non-hydrogen) atoms. The second kappa shape index (κ2) is 8.01. The third kappa shape index (κ3) is 3.46. The van der Waals surface area contributed by atoms with Crippen LogP contribution in [0.2, 0.25) is 0 Å². The predicted octanol–water partition coefficient (Wildman–Crippen LogP) is 3.57. The van der Waals surface area contributed by atoms with Gasteiger partial charge in [-0.05, 0) is 47.9 Å². The molecule has 0 aliphatic carbocycles. The van der Waals surface area contributed by atoms with E-state index in [1.807, 2.05) is 24.3 Å². The maximum Gasteiger partial charge on any atom is 0.307 e. The van der Waals surface area contributed by atoms with Crippen LogP contribution in [0.5, 0.6) is 11.5 Å². The average molecular weight is 433 g/mol. The summed E-state index contributed by atoms with van der Waals surface area (Å²) in [7, 11) is 3.30. The Morgan fingerprint density at radius 3 is 2.84 bits per heavy atom. The maximum atomic E-state index is 11.0. The van der Waals surface area contributed by atoms with E-state index in [2.05, 4.69) is 27.5 Å². The van der Waals surface area contributed by atoms with E-state index < -0.39 is 4.92 Å². The molecule has 0 amide bonds. The van der Waals surface area contributed by atoms with Gasteiger partial charge in [0.15, 0.2) is 0 Å². The second-order valence-corrected chi connectivity index (χ2v) is 7.79. The van der Waals surface area contributed by atoms with Crippen LogP contribution < -0.4 is 14.8 Å². The van der Waals surface area contributed by atoms with Gasteiger partial charge in [-0.2, -0.15) is 5.10 Å². The molecule has 1 aliphatic rings. The first-order chi connectivity index (χ1) is 15.6. The summed E-state index contributed by atoms with van der Waals surface area (Å²) in [4.78, 5) is 14.1. The second-order valence-electron chi connectivity index (χ2n) is 7.79. The topological polar surface area (TPSA) is 107 Å². The van der Waals surface area contributed by atoms with E-state index in [0.29, 0.717) is 12.3 Å². The van der Waals surface area contributed by atoms with Gasteiger partial charge in [-0.3, -0.25) is 14.8 Å². The molecule has 2 N–H and O–H groups in total. The number of fused-ring (bicyclic) bond motifs is 3. The summed E-state index contributed by atoms with van der Waals surface area (Å²) in [5, 5.41) is 19.9. The number of aromatic amines is 1. The van der Waals surface area contributed by atoms with Crippen molar-refractivity contribution in [2.75, 3.05) is 20.8 Å². The molecule has 0 saturated carbocycles. The number of nitro groups is 1. The van der Waals surface area contributed by atoms with Crippen molar-refractivity contribution in [3.05, 3.63) is 81.3 Å². The van der Waals surface area contributed by atoms with Gasteiger partial charge in [-0.1, -0.05) is 6.07 Å². The average Bonchev–Trinajstić information content (AvgIpc) is 3.43. The van der Waals surface area contributed by atoms with Crippen LogP contribution in [0.15, 0.2) is 48.8 Å². The lowest BCUT2D eigenvalue weighted by Gasteiger charge is -2.25. The normalized spacial score (nSPS) is 15.5. The van der Waals surface area contributed by atoms with Crippen molar-refractivity contribution in [2.24, 2.45) is 0 Å². The van der Waals surface area contributed by atoms with Crippen molar-refractivity contribution >= 4 is 16.6 Å². The number of nitrogens with one attached hydrogen (secondary N) is 2. The van der Waals surface area contributed by atoms with Crippen LogP contribution in [-0.4, -0.2) is 40.5 Å². The predicted molar refractivity (Wildman–Crippen MR) is 119 cm³/mol. The Morgan fingerprint density at radius 1 is 1.22 bits per heavy atom. The molecule has 5 rings (SSSR count). The minimum absolute atomic E-state index is 0.00578. The third-order valence-corrected chi connectivity index (χ3v) is 5.96. The smallest absolute Gasteiger partial charge is 0.307 e. The number of H-pyrrole nitrogens is 1. The minimum atomic E-state index is -0.449. The van der Waals surface area contributed by atoms with Gasteiger partial charge >= 0.3 is 5.69 Å². The molecule has 4 aromatic rings. The van der Waals surface area contributed by atoms with E-state index >= 15 is 0 Å². The summed E-state index contributed by atoms with van der Waals surface area (Å²) in [6, 6.07) is 12.1. The first-order valence-electron chi connectivity index (χ1n) is 10.3. The van der Waals surface area contributed by atoms with Crippen molar-refractivity contribution < 1.29 is 14.4 Å². The Hall–Kier alpha value is -3.85. The molecule has 2 aromatic carbocycles. The minimum Gasteiger partial charge on any atom is -0.497 e. The molecule has 9 nitrogen and oxygen atoms in total. The summed E-state index contributed by atoms with van der Waals surface area (Å²) in [5.41, 5.74) is 5.47. The zero-order valence-electron chi connectivity index (χ0n) is 17.8. The van der Waals surface area contributed by atoms with Crippen LogP contribution >= 0.6 is 0 Å². The molecule has 0 unspecified atom stereocenters. The van der Waals surface area contributed by atoms with Crippen molar-refractivity contribution in [1.82, 2.24) is 20.1 Å². The molecule has 164 valence electrons. The summed E-state index contributed by atoms with van der Waals surface area (Å²) in [6.07, 6.45) is 3.61. The van der Waals surface area contributed by atoms with Gasteiger partial charge in [0.25, 0.3) is 0 Å². The standard InChI is InChI=1S/C23H23N5O4/c1-31-17-4-5-20-19(10-17)18-7-8-24-22(23(18)26-20)14-3-6-21(32-2)15(9-14)12-27-13-16(11-25-27)28(29)30/h3-6,9-11,13,22,24,26H,7-8,12H2,1-2H3/t22-/m0/s1. The number of nitrogens with zero attached hydrogens (tertiary/aromatic N) is 3. The van der Waals surface area contributed by atoms with Crippen LogP contribution in [0.1, 0.15) is 28.4 Å². The fourth-order valence-electron chi connectivity index (χ4n) is 4.43. The fourth-order valence-corrected chi connectivity index (χ4v) is 4.43. The number of methoxy groups -OCH3 is 2. The quantitative estimate of drug-likeness (QED) is 0.356. The summed E-state index contributed by atoms with van der Waals surface area (Å²) in [5.74, 6) is 1.55. The number of hydrogen-bond acceptors (Lipinski definition) is 6. The highest BCUT2D eigenvalue weighted by molar-refractivity contribution is 5.86. The molecule has 0 radical (unpaired) electrons. The summed E-state index contributed by atoms with van der Waals surface area (Å²) in [6.45, 7) is 1.23. The Balaban J connectivity index is 1.53. The van der Waals surface area contributed by atoms with E-state index in [1.54, 1.807) is 18.9 Å². The molecule has 0 fully saturated rings. The highest BCUT2D eigenvalue weighted by atomic mass is 16.6. The number of hydrogen-bond donors (Lipinski definition) is 2. The van der Waals surface area contributed by atoms with E-state index in [9.17, 15) is 10.1 Å². The van der Waals surface area contributed by atoms with Crippen LogP contribution in [0.3, 0.4) is 0 Å². The number of ether oxygens (including phenoxy) is 2. The van der Waals surface area contributed by atoms with E-state index in [0.717, 1.165) is 41.1 Å². The van der Waals surface area contributed by atoms with Gasteiger partial charge in [0.1, 0.15) is 23.9 Å². The summed E-state index contributed by atoms with van der Waals surface area (Å²) < 4.78 is 12.5. The van der Waals surface area contributed by atoms with Gasteiger partial charge in [0.05, 0.1) is 31.7 Å². The first-order valence-corrected chi connectivity index (χ1v) is 10.3. The van der Waals surface area contributed by atoms with Gasteiger partial charge in [-0.15, -0.1) is 0 Å². The fraction of sp³-hybridized carbons (Fsp3) is 0.261. The number of rotatable bonds is 6. The Labute approximate surface area is 184 Å². The van der Waals surface area contributed by atoms with Crippen molar-refractivity contribution in [3.63, 3.8) is 0 Å². The van der Waals surface area contributed by atoms with Gasteiger partial charge in [0, 0.05) is 28.7 Å². The van der Waals surface area contributed by atoms with Crippen LogP contribution in [0, 0.1) is 10.1 Å². The molecular weight excluding hydrogens is 410 g/mol. The number of benzene rings is 2. The van der Waals surface area contributed by atoms with Gasteiger partial charge < -0.3 is 19.8 Å². The Bertz CT molecular complexity index is 1310. The molecule has 1 aliphatic heterocycles. The molecule has 2 aromatic heterocycles. The van der Waals surface area contributed by atoms with Gasteiger partial charge in [0.2, 0.25) is 0 Å². The third-order valence-electron chi connectivity index (χ3n) is 5.96.